The van der Waals surface area contributed by atoms with Crippen molar-refractivity contribution in [2.75, 3.05) is 20.2 Å². The van der Waals surface area contributed by atoms with E-state index in [-0.39, 0.29) is 0 Å². The summed E-state index contributed by atoms with van der Waals surface area (Å²) in [6.07, 6.45) is 0.682. The largest absolute Gasteiger partial charge is 0.480 e. The SMILES string of the molecule is CN(CCc1ccccc1)C(=O)NC(CO)C(=O)O. The summed E-state index contributed by atoms with van der Waals surface area (Å²) in [4.78, 5) is 23.7. The first-order chi connectivity index (χ1) is 9.04. The van der Waals surface area contributed by atoms with Gasteiger partial charge in [0, 0.05) is 13.6 Å². The van der Waals surface area contributed by atoms with Gasteiger partial charge in [0.05, 0.1) is 6.61 Å². The van der Waals surface area contributed by atoms with Gasteiger partial charge in [-0.25, -0.2) is 9.59 Å². The molecule has 0 aromatic heterocycles. The molecule has 1 rings (SSSR count). The summed E-state index contributed by atoms with van der Waals surface area (Å²) in [6, 6.07) is 7.88. The van der Waals surface area contributed by atoms with Crippen LogP contribution in [0.3, 0.4) is 0 Å². The molecule has 0 aliphatic carbocycles. The number of aliphatic carboxylic acids is 1. The van der Waals surface area contributed by atoms with E-state index >= 15 is 0 Å². The second kappa shape index (κ2) is 7.38. The maximum Gasteiger partial charge on any atom is 0.328 e. The van der Waals surface area contributed by atoms with Gasteiger partial charge >= 0.3 is 12.0 Å². The number of nitrogens with one attached hydrogen (secondary N) is 1. The van der Waals surface area contributed by atoms with E-state index in [4.69, 9.17) is 10.2 Å². The fourth-order valence-corrected chi connectivity index (χ4v) is 1.49. The van der Waals surface area contributed by atoms with E-state index in [0.717, 1.165) is 5.56 Å². The van der Waals surface area contributed by atoms with Crippen molar-refractivity contribution < 1.29 is 19.8 Å². The first-order valence-electron chi connectivity index (χ1n) is 5.93. The Morgan fingerprint density at radius 3 is 2.47 bits per heavy atom. The van der Waals surface area contributed by atoms with E-state index in [2.05, 4.69) is 5.32 Å². The molecule has 0 bridgehead atoms. The highest BCUT2D eigenvalue weighted by molar-refractivity contribution is 5.82. The number of nitrogens with zero attached hydrogens (tertiary/aromatic N) is 1. The van der Waals surface area contributed by atoms with Crippen molar-refractivity contribution >= 4 is 12.0 Å². The van der Waals surface area contributed by atoms with Gasteiger partial charge < -0.3 is 20.4 Å². The molecular formula is C13H18N2O4. The Bertz CT molecular complexity index is 422. The Kier molecular flexibility index (Phi) is 5.81. The second-order valence-electron chi connectivity index (χ2n) is 4.18. The van der Waals surface area contributed by atoms with Crippen LogP contribution in [0, 0.1) is 0 Å². The van der Waals surface area contributed by atoms with E-state index < -0.39 is 24.6 Å². The van der Waals surface area contributed by atoms with Crippen molar-refractivity contribution in [3.05, 3.63) is 35.9 Å². The molecule has 19 heavy (non-hydrogen) atoms. The number of rotatable bonds is 6. The van der Waals surface area contributed by atoms with E-state index in [1.54, 1.807) is 7.05 Å². The fourth-order valence-electron chi connectivity index (χ4n) is 1.49. The summed E-state index contributed by atoms with van der Waals surface area (Å²) in [5.74, 6) is -1.26. The van der Waals surface area contributed by atoms with Gasteiger partial charge in [-0.2, -0.15) is 0 Å². The van der Waals surface area contributed by atoms with Crippen LogP contribution in [0.5, 0.6) is 0 Å². The number of carboxylic acid groups (broad SMARTS) is 1. The van der Waals surface area contributed by atoms with E-state index in [9.17, 15) is 9.59 Å². The average Bonchev–Trinajstić information content (AvgIpc) is 2.42. The number of carboxylic acids is 1. The minimum Gasteiger partial charge on any atom is -0.480 e. The van der Waals surface area contributed by atoms with Gasteiger partial charge in [0.25, 0.3) is 0 Å². The van der Waals surface area contributed by atoms with Gasteiger partial charge in [0.1, 0.15) is 0 Å². The monoisotopic (exact) mass is 266 g/mol. The zero-order valence-electron chi connectivity index (χ0n) is 10.7. The number of aliphatic hydroxyl groups excluding tert-OH is 1. The highest BCUT2D eigenvalue weighted by Crippen LogP contribution is 2.00. The molecule has 1 aromatic carbocycles. The molecule has 1 unspecified atom stereocenters. The quantitative estimate of drug-likeness (QED) is 0.691. The van der Waals surface area contributed by atoms with Crippen LogP contribution in [-0.4, -0.2) is 53.4 Å². The molecule has 1 atom stereocenters. The molecule has 0 saturated carbocycles. The van der Waals surface area contributed by atoms with Crippen molar-refractivity contribution in [2.45, 2.75) is 12.5 Å². The molecule has 0 fully saturated rings. The highest BCUT2D eigenvalue weighted by Gasteiger charge is 2.20. The zero-order chi connectivity index (χ0) is 14.3. The molecular weight excluding hydrogens is 248 g/mol. The van der Waals surface area contributed by atoms with Crippen molar-refractivity contribution in [3.63, 3.8) is 0 Å². The Morgan fingerprint density at radius 1 is 1.32 bits per heavy atom. The lowest BCUT2D eigenvalue weighted by molar-refractivity contribution is -0.140. The Balaban J connectivity index is 2.42. The Morgan fingerprint density at radius 2 is 1.95 bits per heavy atom. The van der Waals surface area contributed by atoms with Crippen LogP contribution in [0.1, 0.15) is 5.56 Å². The Labute approximate surface area is 111 Å². The number of benzene rings is 1. The molecule has 0 aliphatic rings. The number of hydrogen-bond donors (Lipinski definition) is 3. The average molecular weight is 266 g/mol. The number of aliphatic hydroxyl groups is 1. The number of carbonyl (C=O) groups is 2. The van der Waals surface area contributed by atoms with Gasteiger partial charge in [-0.3, -0.25) is 0 Å². The molecule has 0 heterocycles. The predicted octanol–water partition coefficient (Wildman–Crippen LogP) is 0.316. The molecule has 6 nitrogen and oxygen atoms in total. The van der Waals surface area contributed by atoms with Crippen LogP contribution in [0.15, 0.2) is 30.3 Å². The standard InChI is InChI=1S/C13H18N2O4/c1-15(8-7-10-5-3-2-4-6-10)13(19)14-11(9-16)12(17)18/h2-6,11,16H,7-9H2,1H3,(H,14,19)(H,17,18). The molecule has 1 aromatic rings. The van der Waals surface area contributed by atoms with Crippen LogP contribution >= 0.6 is 0 Å². The number of amides is 2. The van der Waals surface area contributed by atoms with Crippen LogP contribution in [0.4, 0.5) is 4.79 Å². The third-order valence-electron chi connectivity index (χ3n) is 2.70. The lowest BCUT2D eigenvalue weighted by atomic mass is 10.1. The number of hydrogen-bond acceptors (Lipinski definition) is 3. The van der Waals surface area contributed by atoms with E-state index in [1.165, 1.54) is 4.90 Å². The molecule has 6 heteroatoms. The Hall–Kier alpha value is -2.08. The molecule has 0 aliphatic heterocycles. The van der Waals surface area contributed by atoms with Gasteiger partial charge in [-0.1, -0.05) is 30.3 Å². The minimum atomic E-state index is -1.27. The van der Waals surface area contributed by atoms with Crippen LogP contribution in [-0.2, 0) is 11.2 Å². The van der Waals surface area contributed by atoms with Crippen LogP contribution < -0.4 is 5.32 Å². The maximum absolute atomic E-state index is 11.7. The van der Waals surface area contributed by atoms with E-state index in [1.807, 2.05) is 30.3 Å². The summed E-state index contributed by atoms with van der Waals surface area (Å²) in [5.41, 5.74) is 1.10. The third kappa shape index (κ3) is 4.97. The van der Waals surface area contributed by atoms with Gasteiger partial charge in [0.15, 0.2) is 6.04 Å². The normalized spacial score (nSPS) is 11.7. The zero-order valence-corrected chi connectivity index (χ0v) is 10.7. The molecule has 0 spiro atoms. The van der Waals surface area contributed by atoms with Gasteiger partial charge in [0.2, 0.25) is 0 Å². The van der Waals surface area contributed by atoms with Crippen LogP contribution in [0.2, 0.25) is 0 Å². The first-order valence-corrected chi connectivity index (χ1v) is 5.93. The molecule has 2 amide bonds. The number of urea groups is 1. The minimum absolute atomic E-state index is 0.466. The number of likely N-dealkylation sites (N-methyl/N-ethyl adjacent to an activating group) is 1. The summed E-state index contributed by atoms with van der Waals surface area (Å²) in [5, 5.41) is 19.8. The van der Waals surface area contributed by atoms with E-state index in [0.29, 0.717) is 13.0 Å². The highest BCUT2D eigenvalue weighted by atomic mass is 16.4. The van der Waals surface area contributed by atoms with Crippen molar-refractivity contribution in [1.29, 1.82) is 0 Å². The number of carbonyl (C=O) groups excluding carboxylic acids is 1. The molecule has 104 valence electrons. The van der Waals surface area contributed by atoms with Crippen molar-refractivity contribution in [3.8, 4) is 0 Å². The second-order valence-corrected chi connectivity index (χ2v) is 4.18. The maximum atomic E-state index is 11.7. The molecule has 0 radical (unpaired) electrons. The fraction of sp³-hybridized carbons (Fsp3) is 0.385. The topological polar surface area (TPSA) is 89.9 Å². The molecule has 0 saturated heterocycles. The van der Waals surface area contributed by atoms with Crippen LogP contribution in [0.25, 0.3) is 0 Å². The lowest BCUT2D eigenvalue weighted by Crippen LogP contribution is -2.48. The smallest absolute Gasteiger partial charge is 0.328 e. The van der Waals surface area contributed by atoms with Crippen molar-refractivity contribution in [1.82, 2.24) is 10.2 Å². The van der Waals surface area contributed by atoms with Gasteiger partial charge in [-0.15, -0.1) is 0 Å². The van der Waals surface area contributed by atoms with Crippen molar-refractivity contribution in [2.24, 2.45) is 0 Å². The predicted molar refractivity (Wildman–Crippen MR) is 69.8 cm³/mol. The molecule has 3 N–H and O–H groups in total. The summed E-state index contributed by atoms with van der Waals surface area (Å²) in [6.45, 7) is -0.165. The lowest BCUT2D eigenvalue weighted by Gasteiger charge is -2.20. The summed E-state index contributed by atoms with van der Waals surface area (Å²) >= 11 is 0. The summed E-state index contributed by atoms with van der Waals surface area (Å²) in [7, 11) is 1.58. The summed E-state index contributed by atoms with van der Waals surface area (Å²) < 4.78 is 0. The van der Waals surface area contributed by atoms with Gasteiger partial charge in [-0.05, 0) is 12.0 Å². The third-order valence-corrected chi connectivity index (χ3v) is 2.70. The first kappa shape index (κ1) is 15.0.